The van der Waals surface area contributed by atoms with Gasteiger partial charge in [-0.3, -0.25) is 9.98 Å². The summed E-state index contributed by atoms with van der Waals surface area (Å²) in [4.78, 5) is 31.3. The van der Waals surface area contributed by atoms with Crippen molar-refractivity contribution in [2.45, 2.75) is 19.9 Å². The summed E-state index contributed by atoms with van der Waals surface area (Å²) in [7, 11) is 0. The van der Waals surface area contributed by atoms with E-state index in [4.69, 9.17) is 4.74 Å². The summed E-state index contributed by atoms with van der Waals surface area (Å²) in [6.07, 6.45) is 4.45. The fourth-order valence-electron chi connectivity index (χ4n) is 2.05. The van der Waals surface area contributed by atoms with Gasteiger partial charge in [-0.15, -0.1) is 0 Å². The Morgan fingerprint density at radius 2 is 2.08 bits per heavy atom. The van der Waals surface area contributed by atoms with E-state index in [0.29, 0.717) is 21.3 Å². The molecule has 1 atom stereocenters. The second-order valence-corrected chi connectivity index (χ2v) is 6.57. The van der Waals surface area contributed by atoms with Gasteiger partial charge in [0, 0.05) is 23.1 Å². The molecule has 1 heterocycles. The van der Waals surface area contributed by atoms with E-state index >= 15 is 0 Å². The van der Waals surface area contributed by atoms with Crippen molar-refractivity contribution in [2.24, 2.45) is 10.9 Å². The number of benzene rings is 1. The Hall–Kier alpha value is -2.54. The topological polar surface area (TPSA) is 88.9 Å². The Balaban J connectivity index is 2.20. The summed E-state index contributed by atoms with van der Waals surface area (Å²) in [5.74, 6) is -1.32. The van der Waals surface area contributed by atoms with E-state index in [2.05, 4.69) is 25.9 Å². The normalized spacial score (nSPS) is 12.3. The number of esters is 1. The molecule has 2 aromatic rings. The summed E-state index contributed by atoms with van der Waals surface area (Å²) in [6, 6.07) is 7.43. The van der Waals surface area contributed by atoms with E-state index in [9.17, 15) is 14.7 Å². The van der Waals surface area contributed by atoms with Crippen LogP contribution in [-0.2, 0) is 4.79 Å². The van der Waals surface area contributed by atoms with Crippen molar-refractivity contribution in [1.82, 2.24) is 4.98 Å². The van der Waals surface area contributed by atoms with Crippen molar-refractivity contribution >= 4 is 34.1 Å². The Bertz CT molecular complexity index is 791. The molecule has 0 aliphatic heterocycles. The zero-order chi connectivity index (χ0) is 18.4. The number of rotatable bonds is 6. The van der Waals surface area contributed by atoms with Gasteiger partial charge in [0.25, 0.3) is 0 Å². The minimum absolute atomic E-state index is 0.135. The smallest absolute Gasteiger partial charge is 0.345 e. The van der Waals surface area contributed by atoms with Crippen molar-refractivity contribution in [3.8, 4) is 5.75 Å². The van der Waals surface area contributed by atoms with Crippen LogP contribution in [0.3, 0.4) is 0 Å². The molecule has 0 fully saturated rings. The van der Waals surface area contributed by atoms with Crippen LogP contribution in [0.4, 0.5) is 0 Å². The van der Waals surface area contributed by atoms with Crippen LogP contribution < -0.4 is 4.74 Å². The minimum Gasteiger partial charge on any atom is -0.480 e. The van der Waals surface area contributed by atoms with Gasteiger partial charge in [0.05, 0.1) is 5.56 Å². The quantitative estimate of drug-likeness (QED) is 0.451. The molecule has 2 rings (SSSR count). The maximum absolute atomic E-state index is 12.1. The number of ether oxygens (including phenoxy) is 1. The van der Waals surface area contributed by atoms with Crippen LogP contribution in [0, 0.1) is 5.92 Å². The molecule has 0 aliphatic carbocycles. The van der Waals surface area contributed by atoms with Crippen LogP contribution in [-0.4, -0.2) is 34.3 Å². The molecule has 1 aromatic carbocycles. The monoisotopic (exact) mass is 404 g/mol. The largest absolute Gasteiger partial charge is 0.480 e. The highest BCUT2D eigenvalue weighted by Crippen LogP contribution is 2.22. The number of aromatic nitrogens is 1. The summed E-state index contributed by atoms with van der Waals surface area (Å²) in [5.41, 5.74) is 0.957. The zero-order valence-electron chi connectivity index (χ0n) is 13.7. The molecule has 0 radical (unpaired) electrons. The summed E-state index contributed by atoms with van der Waals surface area (Å²) in [6.45, 7) is 3.58. The number of carboxylic acids is 1. The van der Waals surface area contributed by atoms with Crippen molar-refractivity contribution in [3.05, 3.63) is 58.3 Å². The number of aliphatic carboxylic acids is 1. The van der Waals surface area contributed by atoms with Crippen LogP contribution in [0.5, 0.6) is 5.75 Å². The third-order valence-corrected chi connectivity index (χ3v) is 3.73. The lowest BCUT2D eigenvalue weighted by Crippen LogP contribution is -2.24. The second-order valence-electron chi connectivity index (χ2n) is 5.66. The van der Waals surface area contributed by atoms with Gasteiger partial charge in [-0.05, 0) is 41.8 Å². The standard InChI is InChI=1S/C18H17BrN2O4/c1-11(2)16(17(22)23)21-9-12-6-14(19)8-15(7-12)25-18(24)13-4-3-5-20-10-13/h3-11,16H,1-2H3,(H,22,23). The Morgan fingerprint density at radius 3 is 2.68 bits per heavy atom. The van der Waals surface area contributed by atoms with Crippen LogP contribution in [0.25, 0.3) is 0 Å². The number of carbonyl (C=O) groups is 2. The molecule has 25 heavy (non-hydrogen) atoms. The van der Waals surface area contributed by atoms with Gasteiger partial charge in [-0.2, -0.15) is 0 Å². The molecular formula is C18H17BrN2O4. The van der Waals surface area contributed by atoms with E-state index in [-0.39, 0.29) is 5.92 Å². The molecular weight excluding hydrogens is 388 g/mol. The van der Waals surface area contributed by atoms with Crippen molar-refractivity contribution < 1.29 is 19.4 Å². The molecule has 0 aliphatic rings. The molecule has 0 bridgehead atoms. The SMILES string of the molecule is CC(C)C(N=Cc1cc(Br)cc(OC(=O)c2cccnc2)c1)C(=O)O. The molecule has 130 valence electrons. The van der Waals surface area contributed by atoms with E-state index in [1.54, 1.807) is 50.4 Å². The number of hydrogen-bond acceptors (Lipinski definition) is 5. The highest BCUT2D eigenvalue weighted by molar-refractivity contribution is 9.10. The van der Waals surface area contributed by atoms with Crippen LogP contribution >= 0.6 is 15.9 Å². The molecule has 1 N–H and O–H groups in total. The number of hydrogen-bond donors (Lipinski definition) is 1. The molecule has 0 spiro atoms. The molecule has 0 saturated heterocycles. The Kier molecular flexibility index (Phi) is 6.41. The maximum atomic E-state index is 12.1. The maximum Gasteiger partial charge on any atom is 0.345 e. The third-order valence-electron chi connectivity index (χ3n) is 3.27. The number of nitrogens with zero attached hydrogens (tertiary/aromatic N) is 2. The van der Waals surface area contributed by atoms with Crippen molar-refractivity contribution in [2.75, 3.05) is 0 Å². The molecule has 7 heteroatoms. The summed E-state index contributed by atoms with van der Waals surface area (Å²) in [5, 5.41) is 9.18. The lowest BCUT2D eigenvalue weighted by atomic mass is 10.1. The van der Waals surface area contributed by atoms with Gasteiger partial charge < -0.3 is 9.84 Å². The summed E-state index contributed by atoms with van der Waals surface area (Å²) < 4.78 is 6.02. The van der Waals surface area contributed by atoms with Crippen molar-refractivity contribution in [3.63, 3.8) is 0 Å². The molecule has 1 aromatic heterocycles. The van der Waals surface area contributed by atoms with Gasteiger partial charge in [-0.1, -0.05) is 29.8 Å². The highest BCUT2D eigenvalue weighted by Gasteiger charge is 2.19. The lowest BCUT2D eigenvalue weighted by Gasteiger charge is -2.11. The van der Waals surface area contributed by atoms with E-state index < -0.39 is 18.0 Å². The predicted molar refractivity (Wildman–Crippen MR) is 97.2 cm³/mol. The Labute approximate surface area is 153 Å². The van der Waals surface area contributed by atoms with Crippen molar-refractivity contribution in [1.29, 1.82) is 0 Å². The first-order chi connectivity index (χ1) is 11.9. The number of carboxylic acid groups (broad SMARTS) is 1. The molecule has 0 amide bonds. The van der Waals surface area contributed by atoms with Crippen LogP contribution in [0.2, 0.25) is 0 Å². The number of halogens is 1. The van der Waals surface area contributed by atoms with Gasteiger partial charge in [-0.25, -0.2) is 9.59 Å². The second kappa shape index (κ2) is 8.53. The highest BCUT2D eigenvalue weighted by atomic mass is 79.9. The Morgan fingerprint density at radius 1 is 1.32 bits per heavy atom. The molecule has 6 nitrogen and oxygen atoms in total. The van der Waals surface area contributed by atoms with E-state index in [1.165, 1.54) is 12.4 Å². The van der Waals surface area contributed by atoms with E-state index in [1.807, 2.05) is 0 Å². The van der Waals surface area contributed by atoms with E-state index in [0.717, 1.165) is 0 Å². The number of pyridine rings is 1. The zero-order valence-corrected chi connectivity index (χ0v) is 15.3. The first kappa shape index (κ1) is 18.8. The minimum atomic E-state index is -0.982. The number of aliphatic imine (C=N–C) groups is 1. The first-order valence-electron chi connectivity index (χ1n) is 7.55. The number of carbonyl (C=O) groups excluding carboxylic acids is 1. The predicted octanol–water partition coefficient (Wildman–Crippen LogP) is 3.59. The van der Waals surface area contributed by atoms with Gasteiger partial charge in [0.15, 0.2) is 0 Å². The average molecular weight is 405 g/mol. The fourth-order valence-corrected chi connectivity index (χ4v) is 2.54. The first-order valence-corrected chi connectivity index (χ1v) is 8.35. The van der Waals surface area contributed by atoms with Crippen LogP contribution in [0.15, 0.2) is 52.2 Å². The third kappa shape index (κ3) is 5.49. The van der Waals surface area contributed by atoms with Gasteiger partial charge in [0.2, 0.25) is 0 Å². The summed E-state index contributed by atoms with van der Waals surface area (Å²) >= 11 is 3.34. The average Bonchev–Trinajstić information content (AvgIpc) is 2.54. The fraction of sp³-hybridized carbons (Fsp3) is 0.222. The molecule has 0 saturated carbocycles. The lowest BCUT2D eigenvalue weighted by molar-refractivity contribution is -0.139. The van der Waals surface area contributed by atoms with Gasteiger partial charge in [0.1, 0.15) is 11.8 Å². The van der Waals surface area contributed by atoms with Crippen LogP contribution in [0.1, 0.15) is 29.8 Å². The van der Waals surface area contributed by atoms with Gasteiger partial charge >= 0.3 is 11.9 Å². The molecule has 1 unspecified atom stereocenters.